The van der Waals surface area contributed by atoms with Crippen molar-refractivity contribution in [3.05, 3.63) is 48.0 Å². The second-order valence-electron chi connectivity index (χ2n) is 5.55. The second-order valence-corrected chi connectivity index (χ2v) is 5.55. The third-order valence-corrected chi connectivity index (χ3v) is 4.06. The molecule has 1 fully saturated rings. The van der Waals surface area contributed by atoms with E-state index >= 15 is 0 Å². The van der Waals surface area contributed by atoms with E-state index in [4.69, 9.17) is 4.42 Å². The topological polar surface area (TPSA) is 45.5 Å². The standard InChI is InChI=1S/C17H19FN2O2/c1-19-14-3-2-10-20(11-14)17(21)16-9-8-15(22-16)12-4-6-13(18)7-5-12/h4-9,14,19H,2-3,10-11H2,1H3. The Hall–Kier alpha value is -2.14. The number of rotatable bonds is 3. The van der Waals surface area contributed by atoms with Gasteiger partial charge in [-0.15, -0.1) is 0 Å². The summed E-state index contributed by atoms with van der Waals surface area (Å²) in [6.45, 7) is 1.45. The SMILES string of the molecule is CNC1CCCN(C(=O)c2ccc(-c3ccc(F)cc3)o2)C1. The largest absolute Gasteiger partial charge is 0.451 e. The summed E-state index contributed by atoms with van der Waals surface area (Å²) in [6, 6.07) is 9.80. The molecule has 1 amide bonds. The molecule has 2 aromatic rings. The van der Waals surface area contributed by atoms with Gasteiger partial charge in [-0.2, -0.15) is 0 Å². The minimum atomic E-state index is -0.293. The van der Waals surface area contributed by atoms with Crippen LogP contribution in [0.3, 0.4) is 0 Å². The van der Waals surface area contributed by atoms with E-state index in [1.165, 1.54) is 12.1 Å². The van der Waals surface area contributed by atoms with Crippen LogP contribution in [0.1, 0.15) is 23.4 Å². The molecule has 0 saturated carbocycles. The smallest absolute Gasteiger partial charge is 0.289 e. The van der Waals surface area contributed by atoms with Crippen LogP contribution >= 0.6 is 0 Å². The van der Waals surface area contributed by atoms with E-state index in [0.717, 1.165) is 24.9 Å². The predicted octanol–water partition coefficient (Wildman–Crippen LogP) is 2.91. The van der Waals surface area contributed by atoms with Gasteiger partial charge in [0.05, 0.1) is 0 Å². The van der Waals surface area contributed by atoms with Crippen molar-refractivity contribution in [2.45, 2.75) is 18.9 Å². The van der Waals surface area contributed by atoms with Gasteiger partial charge in [-0.3, -0.25) is 4.79 Å². The maximum absolute atomic E-state index is 13.0. The van der Waals surface area contributed by atoms with Crippen LogP contribution in [0, 0.1) is 5.82 Å². The summed E-state index contributed by atoms with van der Waals surface area (Å²) >= 11 is 0. The molecule has 1 aromatic heterocycles. The molecule has 3 rings (SSSR count). The molecule has 1 aliphatic heterocycles. The van der Waals surface area contributed by atoms with Gasteiger partial charge in [-0.05, 0) is 56.3 Å². The van der Waals surface area contributed by atoms with Crippen molar-refractivity contribution in [1.82, 2.24) is 10.2 Å². The lowest BCUT2D eigenvalue weighted by molar-refractivity contribution is 0.0667. The molecule has 1 N–H and O–H groups in total. The van der Waals surface area contributed by atoms with E-state index < -0.39 is 0 Å². The number of benzene rings is 1. The number of likely N-dealkylation sites (tertiary alicyclic amines) is 1. The van der Waals surface area contributed by atoms with Gasteiger partial charge in [0.2, 0.25) is 0 Å². The maximum Gasteiger partial charge on any atom is 0.289 e. The molecule has 2 heterocycles. The first-order valence-corrected chi connectivity index (χ1v) is 7.49. The van der Waals surface area contributed by atoms with Gasteiger partial charge >= 0.3 is 0 Å². The highest BCUT2D eigenvalue weighted by molar-refractivity contribution is 5.92. The first kappa shape index (κ1) is 14.8. The third-order valence-electron chi connectivity index (χ3n) is 4.06. The fourth-order valence-corrected chi connectivity index (χ4v) is 2.78. The van der Waals surface area contributed by atoms with Crippen LogP contribution < -0.4 is 5.32 Å². The molecule has 1 unspecified atom stereocenters. The molecule has 1 atom stereocenters. The number of halogens is 1. The van der Waals surface area contributed by atoms with Gasteiger partial charge in [0.1, 0.15) is 11.6 Å². The lowest BCUT2D eigenvalue weighted by Crippen LogP contribution is -2.46. The molecule has 0 radical (unpaired) electrons. The predicted molar refractivity (Wildman–Crippen MR) is 82.1 cm³/mol. The number of carbonyl (C=O) groups excluding carboxylic acids is 1. The van der Waals surface area contributed by atoms with Crippen molar-refractivity contribution in [2.24, 2.45) is 0 Å². The number of likely N-dealkylation sites (N-methyl/N-ethyl adjacent to an activating group) is 1. The van der Waals surface area contributed by atoms with E-state index in [1.54, 1.807) is 24.3 Å². The molecule has 0 spiro atoms. The van der Waals surface area contributed by atoms with Gasteiger partial charge in [0.15, 0.2) is 5.76 Å². The van der Waals surface area contributed by atoms with Crippen molar-refractivity contribution in [1.29, 1.82) is 0 Å². The number of hydrogen-bond acceptors (Lipinski definition) is 3. The maximum atomic E-state index is 13.0. The van der Waals surface area contributed by atoms with Gasteiger partial charge < -0.3 is 14.6 Å². The minimum Gasteiger partial charge on any atom is -0.451 e. The van der Waals surface area contributed by atoms with E-state index in [1.807, 2.05) is 11.9 Å². The van der Waals surface area contributed by atoms with Crippen molar-refractivity contribution in [3.8, 4) is 11.3 Å². The number of amides is 1. The van der Waals surface area contributed by atoms with Crippen LogP contribution in [0.15, 0.2) is 40.8 Å². The number of furan rings is 1. The zero-order chi connectivity index (χ0) is 15.5. The summed E-state index contributed by atoms with van der Waals surface area (Å²) in [5, 5.41) is 3.22. The molecule has 4 nitrogen and oxygen atoms in total. The molecular weight excluding hydrogens is 283 g/mol. The fourth-order valence-electron chi connectivity index (χ4n) is 2.78. The van der Waals surface area contributed by atoms with Crippen LogP contribution in [0.2, 0.25) is 0 Å². The lowest BCUT2D eigenvalue weighted by atomic mass is 10.1. The third kappa shape index (κ3) is 3.04. The Morgan fingerprint density at radius 2 is 2.05 bits per heavy atom. The Morgan fingerprint density at radius 3 is 2.77 bits per heavy atom. The van der Waals surface area contributed by atoms with E-state index in [-0.39, 0.29) is 11.7 Å². The average Bonchev–Trinajstić information content (AvgIpc) is 3.05. The van der Waals surface area contributed by atoms with Crippen LogP contribution in [-0.4, -0.2) is 37.0 Å². The fraction of sp³-hybridized carbons (Fsp3) is 0.353. The van der Waals surface area contributed by atoms with Crippen LogP contribution in [0.4, 0.5) is 4.39 Å². The lowest BCUT2D eigenvalue weighted by Gasteiger charge is -2.31. The molecule has 22 heavy (non-hydrogen) atoms. The van der Waals surface area contributed by atoms with Gasteiger partial charge in [0.25, 0.3) is 5.91 Å². The van der Waals surface area contributed by atoms with Crippen LogP contribution in [-0.2, 0) is 0 Å². The highest BCUT2D eigenvalue weighted by Crippen LogP contribution is 2.24. The van der Waals surface area contributed by atoms with Gasteiger partial charge in [-0.25, -0.2) is 4.39 Å². The van der Waals surface area contributed by atoms with E-state index in [9.17, 15) is 9.18 Å². The highest BCUT2D eigenvalue weighted by Gasteiger charge is 2.25. The molecule has 1 aromatic carbocycles. The van der Waals surface area contributed by atoms with Gasteiger partial charge in [-0.1, -0.05) is 0 Å². The number of nitrogens with one attached hydrogen (secondary N) is 1. The summed E-state index contributed by atoms with van der Waals surface area (Å²) in [6.07, 6.45) is 2.07. The summed E-state index contributed by atoms with van der Waals surface area (Å²) < 4.78 is 18.6. The Kier molecular flexibility index (Phi) is 4.24. The second kappa shape index (κ2) is 6.32. The Bertz CT molecular complexity index is 651. The Morgan fingerprint density at radius 1 is 1.27 bits per heavy atom. The number of piperidine rings is 1. The molecule has 1 saturated heterocycles. The molecular formula is C17H19FN2O2. The summed E-state index contributed by atoms with van der Waals surface area (Å²) in [7, 11) is 1.91. The molecule has 0 bridgehead atoms. The summed E-state index contributed by atoms with van der Waals surface area (Å²) in [4.78, 5) is 14.3. The number of nitrogens with zero attached hydrogens (tertiary/aromatic N) is 1. The first-order chi connectivity index (χ1) is 10.7. The van der Waals surface area contributed by atoms with E-state index in [0.29, 0.717) is 24.1 Å². The molecule has 1 aliphatic rings. The zero-order valence-corrected chi connectivity index (χ0v) is 12.5. The molecule has 0 aliphatic carbocycles. The zero-order valence-electron chi connectivity index (χ0n) is 12.5. The van der Waals surface area contributed by atoms with Crippen molar-refractivity contribution in [2.75, 3.05) is 20.1 Å². The molecule has 5 heteroatoms. The minimum absolute atomic E-state index is 0.0895. The van der Waals surface area contributed by atoms with Crippen LogP contribution in [0.25, 0.3) is 11.3 Å². The Balaban J connectivity index is 1.75. The van der Waals surface area contributed by atoms with Crippen molar-refractivity contribution < 1.29 is 13.6 Å². The van der Waals surface area contributed by atoms with Crippen molar-refractivity contribution >= 4 is 5.91 Å². The highest BCUT2D eigenvalue weighted by atomic mass is 19.1. The summed E-state index contributed by atoms with van der Waals surface area (Å²) in [5.41, 5.74) is 0.757. The average molecular weight is 302 g/mol. The first-order valence-electron chi connectivity index (χ1n) is 7.49. The van der Waals surface area contributed by atoms with E-state index in [2.05, 4.69) is 5.32 Å². The van der Waals surface area contributed by atoms with Crippen LogP contribution in [0.5, 0.6) is 0 Å². The number of hydrogen-bond donors (Lipinski definition) is 1. The van der Waals surface area contributed by atoms with Gasteiger partial charge in [0, 0.05) is 24.7 Å². The normalized spacial score (nSPS) is 18.5. The number of carbonyl (C=O) groups is 1. The molecule has 116 valence electrons. The summed E-state index contributed by atoms with van der Waals surface area (Å²) in [5.74, 6) is 0.521. The van der Waals surface area contributed by atoms with Crippen molar-refractivity contribution in [3.63, 3.8) is 0 Å². The monoisotopic (exact) mass is 302 g/mol. The Labute approximate surface area is 128 Å². The quantitative estimate of drug-likeness (QED) is 0.948.